The maximum atomic E-state index is 11.9. The quantitative estimate of drug-likeness (QED) is 0.548. The molecule has 0 radical (unpaired) electrons. The molecule has 0 aliphatic carbocycles. The third kappa shape index (κ3) is 5.68. The molecule has 156 valence electrons. The number of piperidine rings is 1. The summed E-state index contributed by atoms with van der Waals surface area (Å²) in [6, 6.07) is 11.5. The molecular formula is C20H33N5O2S. The van der Waals surface area contributed by atoms with Crippen LogP contribution in [0.4, 0.5) is 0 Å². The van der Waals surface area contributed by atoms with Crippen LogP contribution in [0.1, 0.15) is 31.7 Å². The van der Waals surface area contributed by atoms with Crippen molar-refractivity contribution >= 4 is 16.0 Å². The summed E-state index contributed by atoms with van der Waals surface area (Å²) in [5.41, 5.74) is 1.36. The van der Waals surface area contributed by atoms with Gasteiger partial charge in [0.2, 0.25) is 10.0 Å². The van der Waals surface area contributed by atoms with E-state index in [-0.39, 0.29) is 5.75 Å². The highest BCUT2D eigenvalue weighted by atomic mass is 32.2. The van der Waals surface area contributed by atoms with E-state index in [0.717, 1.165) is 38.3 Å². The fraction of sp³-hybridized carbons (Fsp3) is 0.650. The number of nitrogens with one attached hydrogen (secondary N) is 2. The maximum absolute atomic E-state index is 11.9. The van der Waals surface area contributed by atoms with Crippen LogP contribution in [0, 0.1) is 0 Å². The molecule has 0 saturated carbocycles. The van der Waals surface area contributed by atoms with Gasteiger partial charge in [-0.3, -0.25) is 9.89 Å². The highest BCUT2D eigenvalue weighted by molar-refractivity contribution is 7.89. The number of likely N-dealkylation sites (tertiary alicyclic amines) is 1. The molecule has 1 aromatic rings. The standard InChI is InChI=1S/C20H33N5O2S/c1-17-15-19(9-12-24(17)16-18-7-4-3-5-8-18)23-20(21-2)22-10-13-25-11-6-14-28(25,26)27/h3-5,7-8,17,19H,6,9-16H2,1-2H3,(H2,21,22,23). The minimum atomic E-state index is -3.03. The molecular weight excluding hydrogens is 374 g/mol. The van der Waals surface area contributed by atoms with Gasteiger partial charge in [-0.15, -0.1) is 0 Å². The zero-order chi connectivity index (χ0) is 20.0. The van der Waals surface area contributed by atoms with Crippen molar-refractivity contribution in [1.82, 2.24) is 19.8 Å². The predicted octanol–water partition coefficient (Wildman–Crippen LogP) is 1.24. The lowest BCUT2D eigenvalue weighted by Gasteiger charge is -2.38. The number of benzene rings is 1. The Balaban J connectivity index is 1.42. The van der Waals surface area contributed by atoms with Gasteiger partial charge in [0.05, 0.1) is 5.75 Å². The molecule has 8 heteroatoms. The van der Waals surface area contributed by atoms with Crippen molar-refractivity contribution in [1.29, 1.82) is 0 Å². The van der Waals surface area contributed by atoms with Crippen LogP contribution in [-0.4, -0.2) is 74.6 Å². The van der Waals surface area contributed by atoms with E-state index in [4.69, 9.17) is 0 Å². The van der Waals surface area contributed by atoms with E-state index in [9.17, 15) is 8.42 Å². The second kappa shape index (κ2) is 9.71. The van der Waals surface area contributed by atoms with E-state index in [0.29, 0.717) is 31.7 Å². The summed E-state index contributed by atoms with van der Waals surface area (Å²) in [5.74, 6) is 1.03. The van der Waals surface area contributed by atoms with Gasteiger partial charge in [0.25, 0.3) is 0 Å². The van der Waals surface area contributed by atoms with Crippen molar-refractivity contribution in [2.75, 3.05) is 39.0 Å². The van der Waals surface area contributed by atoms with Crippen molar-refractivity contribution in [3.8, 4) is 0 Å². The van der Waals surface area contributed by atoms with Crippen molar-refractivity contribution in [3.05, 3.63) is 35.9 Å². The van der Waals surface area contributed by atoms with Crippen LogP contribution in [0.3, 0.4) is 0 Å². The highest BCUT2D eigenvalue weighted by Crippen LogP contribution is 2.20. The summed E-state index contributed by atoms with van der Waals surface area (Å²) in [6.45, 7) is 6.03. The molecule has 2 saturated heterocycles. The molecule has 2 atom stereocenters. The molecule has 28 heavy (non-hydrogen) atoms. The molecule has 3 rings (SSSR count). The Bertz CT molecular complexity index is 753. The number of guanidine groups is 1. The van der Waals surface area contributed by atoms with Crippen LogP contribution >= 0.6 is 0 Å². The molecule has 2 fully saturated rings. The van der Waals surface area contributed by atoms with Gasteiger partial charge in [0, 0.05) is 51.9 Å². The van der Waals surface area contributed by atoms with Crippen LogP contribution in [-0.2, 0) is 16.6 Å². The highest BCUT2D eigenvalue weighted by Gasteiger charge is 2.28. The first-order valence-corrected chi connectivity index (χ1v) is 11.8. The van der Waals surface area contributed by atoms with Crippen molar-refractivity contribution < 1.29 is 8.42 Å². The van der Waals surface area contributed by atoms with Crippen LogP contribution in [0.25, 0.3) is 0 Å². The SMILES string of the molecule is CN=C(NCCN1CCCS1(=O)=O)NC1CCN(Cc2ccccc2)C(C)C1. The third-order valence-electron chi connectivity index (χ3n) is 5.66. The Morgan fingerprint density at radius 2 is 2.04 bits per heavy atom. The summed E-state index contributed by atoms with van der Waals surface area (Å²) in [6.07, 6.45) is 2.86. The van der Waals surface area contributed by atoms with E-state index in [2.05, 4.69) is 57.8 Å². The number of hydrogen-bond acceptors (Lipinski definition) is 4. The molecule has 0 spiro atoms. The molecule has 2 unspecified atom stereocenters. The molecule has 0 bridgehead atoms. The van der Waals surface area contributed by atoms with Crippen molar-refractivity contribution in [3.63, 3.8) is 0 Å². The largest absolute Gasteiger partial charge is 0.355 e. The Hall–Kier alpha value is -1.64. The van der Waals surface area contributed by atoms with Crippen LogP contribution in [0.2, 0.25) is 0 Å². The molecule has 7 nitrogen and oxygen atoms in total. The summed E-state index contributed by atoms with van der Waals surface area (Å²) >= 11 is 0. The van der Waals surface area contributed by atoms with Gasteiger partial charge in [0.1, 0.15) is 0 Å². The zero-order valence-corrected chi connectivity index (χ0v) is 17.8. The van der Waals surface area contributed by atoms with Gasteiger partial charge in [0.15, 0.2) is 5.96 Å². The number of rotatable bonds is 6. The second-order valence-corrected chi connectivity index (χ2v) is 9.83. The molecule has 2 aliphatic heterocycles. The van der Waals surface area contributed by atoms with E-state index in [1.165, 1.54) is 5.56 Å². The normalized spacial score (nSPS) is 26.3. The fourth-order valence-corrected chi connectivity index (χ4v) is 5.56. The predicted molar refractivity (Wildman–Crippen MR) is 114 cm³/mol. The Morgan fingerprint density at radius 1 is 1.25 bits per heavy atom. The molecule has 2 N–H and O–H groups in total. The zero-order valence-electron chi connectivity index (χ0n) is 17.0. The van der Waals surface area contributed by atoms with Gasteiger partial charge in [-0.05, 0) is 31.7 Å². The Morgan fingerprint density at radius 3 is 2.68 bits per heavy atom. The first kappa shape index (κ1) is 21.1. The molecule has 0 aromatic heterocycles. The van der Waals surface area contributed by atoms with Crippen LogP contribution in [0.15, 0.2) is 35.3 Å². The number of nitrogens with zero attached hydrogens (tertiary/aromatic N) is 3. The summed E-state index contributed by atoms with van der Waals surface area (Å²) in [5, 5.41) is 6.78. The minimum Gasteiger partial charge on any atom is -0.355 e. The second-order valence-electron chi connectivity index (χ2n) is 7.74. The summed E-state index contributed by atoms with van der Waals surface area (Å²) < 4.78 is 25.3. The maximum Gasteiger partial charge on any atom is 0.214 e. The Kier molecular flexibility index (Phi) is 7.31. The Labute approximate surface area is 169 Å². The average molecular weight is 408 g/mol. The summed E-state index contributed by atoms with van der Waals surface area (Å²) in [7, 11) is -1.27. The lowest BCUT2D eigenvalue weighted by molar-refractivity contribution is 0.134. The third-order valence-corrected chi connectivity index (χ3v) is 7.62. The fourth-order valence-electron chi connectivity index (χ4n) is 4.03. The van der Waals surface area contributed by atoms with Gasteiger partial charge in [-0.2, -0.15) is 0 Å². The number of aliphatic imine (C=N–C) groups is 1. The van der Waals surface area contributed by atoms with Crippen molar-refractivity contribution in [2.45, 2.75) is 44.8 Å². The summed E-state index contributed by atoms with van der Waals surface area (Å²) in [4.78, 5) is 6.84. The van der Waals surface area contributed by atoms with Crippen molar-refractivity contribution in [2.24, 2.45) is 4.99 Å². The van der Waals surface area contributed by atoms with E-state index >= 15 is 0 Å². The average Bonchev–Trinajstić information content (AvgIpc) is 3.02. The molecule has 1 aromatic carbocycles. The van der Waals surface area contributed by atoms with E-state index in [1.54, 1.807) is 11.4 Å². The first-order valence-electron chi connectivity index (χ1n) is 10.2. The molecule has 2 aliphatic rings. The molecule has 0 amide bonds. The lowest BCUT2D eigenvalue weighted by atomic mass is 9.97. The first-order chi connectivity index (χ1) is 13.5. The van der Waals surface area contributed by atoms with Gasteiger partial charge in [-0.25, -0.2) is 12.7 Å². The van der Waals surface area contributed by atoms with Gasteiger partial charge in [-0.1, -0.05) is 30.3 Å². The van der Waals surface area contributed by atoms with E-state index in [1.807, 2.05) is 0 Å². The van der Waals surface area contributed by atoms with Crippen LogP contribution in [0.5, 0.6) is 0 Å². The monoisotopic (exact) mass is 407 g/mol. The molecule has 2 heterocycles. The smallest absolute Gasteiger partial charge is 0.214 e. The number of sulfonamides is 1. The minimum absolute atomic E-state index is 0.277. The van der Waals surface area contributed by atoms with Gasteiger partial charge >= 0.3 is 0 Å². The topological polar surface area (TPSA) is 77.0 Å². The van der Waals surface area contributed by atoms with Gasteiger partial charge < -0.3 is 10.6 Å². The number of hydrogen-bond donors (Lipinski definition) is 2. The van der Waals surface area contributed by atoms with E-state index < -0.39 is 10.0 Å². The van der Waals surface area contributed by atoms with Crippen LogP contribution < -0.4 is 10.6 Å². The lowest BCUT2D eigenvalue weighted by Crippen LogP contribution is -2.52.